The zero-order valence-electron chi connectivity index (χ0n) is 21.2. The molecule has 2 aromatic rings. The molecule has 6 nitrogen and oxygen atoms in total. The number of rotatable bonds is 12. The van der Waals surface area contributed by atoms with E-state index in [1.807, 2.05) is 41.3 Å². The Morgan fingerprint density at radius 3 is 1.50 bits per heavy atom. The van der Waals surface area contributed by atoms with Crippen LogP contribution in [0.5, 0.6) is 0 Å². The van der Waals surface area contributed by atoms with Crippen LogP contribution >= 0.6 is 12.2 Å². The number of esters is 2. The van der Waals surface area contributed by atoms with Crippen LogP contribution in [0.25, 0.3) is 0 Å². The van der Waals surface area contributed by atoms with Crippen LogP contribution in [-0.2, 0) is 29.9 Å². The molecular weight excluding hydrogens is 472 g/mol. The van der Waals surface area contributed by atoms with E-state index in [-0.39, 0.29) is 34.6 Å². The SMILES string of the molecule is CC(CCCN(CCCC(C)(c1ccccc1)C1COC1=O)C(N)=S)(c1ccccc1)C1COC1=O. The molecule has 0 aromatic heterocycles. The molecule has 36 heavy (non-hydrogen) atoms. The Hall–Kier alpha value is -2.93. The summed E-state index contributed by atoms with van der Waals surface area (Å²) in [4.78, 5) is 26.5. The number of ether oxygens (including phenoxy) is 2. The molecule has 7 heteroatoms. The van der Waals surface area contributed by atoms with Crippen LogP contribution in [0, 0.1) is 11.8 Å². The molecule has 0 bridgehead atoms. The molecule has 2 aliphatic heterocycles. The fourth-order valence-corrected chi connectivity index (χ4v) is 5.82. The lowest BCUT2D eigenvalue weighted by Gasteiger charge is -2.42. The first kappa shape index (κ1) is 26.1. The Kier molecular flexibility index (Phi) is 7.98. The van der Waals surface area contributed by atoms with Crippen LogP contribution in [0.1, 0.15) is 50.7 Å². The smallest absolute Gasteiger partial charge is 0.313 e. The standard InChI is InChI=1S/C29H36N2O4S/c1-28(23-19-34-25(23)32,21-11-5-3-6-12-21)15-9-17-31(27(30)36)18-10-16-29(2,24-20-35-26(24)33)22-13-7-4-8-14-22/h3-8,11-14,23-24H,9-10,15-20H2,1-2H3,(H2,30,36). The molecule has 192 valence electrons. The van der Waals surface area contributed by atoms with E-state index >= 15 is 0 Å². The second-order valence-corrected chi connectivity index (χ2v) is 10.9. The van der Waals surface area contributed by atoms with E-state index in [0.717, 1.165) is 36.8 Å². The maximum absolute atomic E-state index is 12.2. The summed E-state index contributed by atoms with van der Waals surface area (Å²) in [6.45, 7) is 6.67. The number of nitrogens with two attached hydrogens (primary N) is 1. The first-order chi connectivity index (χ1) is 17.3. The summed E-state index contributed by atoms with van der Waals surface area (Å²) in [6, 6.07) is 20.4. The number of carbonyl (C=O) groups is 2. The summed E-state index contributed by atoms with van der Waals surface area (Å²) >= 11 is 5.38. The van der Waals surface area contributed by atoms with Gasteiger partial charge in [0.25, 0.3) is 0 Å². The van der Waals surface area contributed by atoms with Gasteiger partial charge in [-0.05, 0) is 49.0 Å². The van der Waals surface area contributed by atoms with E-state index in [2.05, 4.69) is 38.1 Å². The molecule has 0 amide bonds. The molecule has 2 aromatic carbocycles. The second-order valence-electron chi connectivity index (χ2n) is 10.5. The Morgan fingerprint density at radius 2 is 1.22 bits per heavy atom. The number of benzene rings is 2. The van der Waals surface area contributed by atoms with E-state index in [1.165, 1.54) is 0 Å². The van der Waals surface area contributed by atoms with Crippen molar-refractivity contribution in [3.63, 3.8) is 0 Å². The minimum atomic E-state index is -0.297. The number of hydrogen-bond donors (Lipinski definition) is 1. The van der Waals surface area contributed by atoms with Gasteiger partial charge in [0, 0.05) is 23.9 Å². The maximum atomic E-state index is 12.2. The lowest BCUT2D eigenvalue weighted by molar-refractivity contribution is -0.175. The fraction of sp³-hybridized carbons (Fsp3) is 0.483. The topological polar surface area (TPSA) is 81.9 Å². The van der Waals surface area contributed by atoms with Crippen molar-refractivity contribution in [1.82, 2.24) is 4.90 Å². The number of cyclic esters (lactones) is 2. The van der Waals surface area contributed by atoms with Gasteiger partial charge in [0.15, 0.2) is 5.11 Å². The van der Waals surface area contributed by atoms with Gasteiger partial charge >= 0.3 is 11.9 Å². The van der Waals surface area contributed by atoms with E-state index in [1.54, 1.807) is 0 Å². The van der Waals surface area contributed by atoms with Crippen molar-refractivity contribution in [1.29, 1.82) is 0 Å². The summed E-state index contributed by atoms with van der Waals surface area (Å²) in [5.74, 6) is -0.511. The quantitative estimate of drug-likeness (QED) is 0.337. The van der Waals surface area contributed by atoms with Gasteiger partial charge in [0.1, 0.15) is 25.0 Å². The van der Waals surface area contributed by atoms with Crippen molar-refractivity contribution >= 4 is 29.3 Å². The second kappa shape index (κ2) is 11.0. The molecule has 4 atom stereocenters. The summed E-state index contributed by atoms with van der Waals surface area (Å²) in [5, 5.41) is 0.379. The van der Waals surface area contributed by atoms with Gasteiger partial charge in [0.2, 0.25) is 0 Å². The molecule has 4 rings (SSSR count). The van der Waals surface area contributed by atoms with Gasteiger partial charge in [-0.25, -0.2) is 0 Å². The maximum Gasteiger partial charge on any atom is 0.313 e. The Morgan fingerprint density at radius 1 is 0.833 bits per heavy atom. The van der Waals surface area contributed by atoms with Crippen LogP contribution in [0.4, 0.5) is 0 Å². The van der Waals surface area contributed by atoms with E-state index in [9.17, 15) is 9.59 Å². The Balaban J connectivity index is 1.38. The lowest BCUT2D eigenvalue weighted by atomic mass is 9.67. The van der Waals surface area contributed by atoms with E-state index in [4.69, 9.17) is 27.4 Å². The summed E-state index contributed by atoms with van der Waals surface area (Å²) in [7, 11) is 0. The molecule has 2 N–H and O–H groups in total. The number of hydrogen-bond acceptors (Lipinski definition) is 5. The minimum Gasteiger partial charge on any atom is -0.464 e. The Labute approximate surface area is 219 Å². The van der Waals surface area contributed by atoms with Crippen LogP contribution in [0.15, 0.2) is 60.7 Å². The molecule has 0 spiro atoms. The van der Waals surface area contributed by atoms with Crippen LogP contribution in [-0.4, -0.2) is 48.3 Å². The van der Waals surface area contributed by atoms with Crippen molar-refractivity contribution in [2.75, 3.05) is 26.3 Å². The molecule has 0 aliphatic carbocycles. The number of nitrogens with zero attached hydrogens (tertiary/aromatic N) is 1. The molecule has 0 saturated carbocycles. The van der Waals surface area contributed by atoms with Gasteiger partial charge in [-0.1, -0.05) is 74.5 Å². The van der Waals surface area contributed by atoms with Crippen molar-refractivity contribution in [2.45, 2.75) is 50.4 Å². The largest absolute Gasteiger partial charge is 0.464 e. The van der Waals surface area contributed by atoms with Crippen LogP contribution < -0.4 is 5.73 Å². The van der Waals surface area contributed by atoms with Crippen molar-refractivity contribution in [3.05, 3.63) is 71.8 Å². The van der Waals surface area contributed by atoms with Gasteiger partial charge in [-0.15, -0.1) is 0 Å². The predicted octanol–water partition coefficient (Wildman–Crippen LogP) is 4.35. The van der Waals surface area contributed by atoms with Gasteiger partial charge < -0.3 is 20.1 Å². The summed E-state index contributed by atoms with van der Waals surface area (Å²) in [5.41, 5.74) is 7.82. The number of thiocarbonyl (C=S) groups is 1. The third-order valence-electron chi connectivity index (χ3n) is 8.32. The first-order valence-electron chi connectivity index (χ1n) is 12.7. The highest BCUT2D eigenvalue weighted by molar-refractivity contribution is 7.80. The molecule has 0 radical (unpaired) electrons. The predicted molar refractivity (Wildman–Crippen MR) is 143 cm³/mol. The van der Waals surface area contributed by atoms with Crippen molar-refractivity contribution in [2.24, 2.45) is 17.6 Å². The molecule has 2 saturated heterocycles. The fourth-order valence-electron chi connectivity index (χ4n) is 5.64. The average Bonchev–Trinajstić information content (AvgIpc) is 2.86. The van der Waals surface area contributed by atoms with E-state index in [0.29, 0.717) is 31.4 Å². The first-order valence-corrected chi connectivity index (χ1v) is 13.2. The van der Waals surface area contributed by atoms with Gasteiger partial charge in [-0.3, -0.25) is 9.59 Å². The minimum absolute atomic E-state index is 0.123. The molecular formula is C29H36N2O4S. The third-order valence-corrected chi connectivity index (χ3v) is 8.58. The van der Waals surface area contributed by atoms with Crippen LogP contribution in [0.3, 0.4) is 0 Å². The molecule has 2 heterocycles. The Bertz CT molecular complexity index is 1000. The van der Waals surface area contributed by atoms with Gasteiger partial charge in [0.05, 0.1) is 0 Å². The third kappa shape index (κ3) is 5.26. The highest BCUT2D eigenvalue weighted by Crippen LogP contribution is 2.42. The van der Waals surface area contributed by atoms with Crippen LogP contribution in [0.2, 0.25) is 0 Å². The monoisotopic (exact) mass is 508 g/mol. The highest BCUT2D eigenvalue weighted by Gasteiger charge is 2.48. The van der Waals surface area contributed by atoms with Crippen molar-refractivity contribution in [3.8, 4) is 0 Å². The zero-order valence-corrected chi connectivity index (χ0v) is 22.0. The highest BCUT2D eigenvalue weighted by atomic mass is 32.1. The summed E-state index contributed by atoms with van der Waals surface area (Å²) < 4.78 is 10.2. The van der Waals surface area contributed by atoms with E-state index < -0.39 is 0 Å². The lowest BCUT2D eigenvalue weighted by Crippen LogP contribution is -2.49. The zero-order chi connectivity index (χ0) is 25.8. The average molecular weight is 509 g/mol. The van der Waals surface area contributed by atoms with Crippen molar-refractivity contribution < 1.29 is 19.1 Å². The normalized spacial score (nSPS) is 22.2. The molecule has 4 unspecified atom stereocenters. The molecule has 2 fully saturated rings. The summed E-state index contributed by atoms with van der Waals surface area (Å²) in [6.07, 6.45) is 3.34. The van der Waals surface area contributed by atoms with Gasteiger partial charge in [-0.2, -0.15) is 0 Å². The number of carbonyl (C=O) groups excluding carboxylic acids is 2. The molecule has 2 aliphatic rings.